The molecule has 2 N–H and O–H groups in total. The number of carboxylic acids is 2. The van der Waals surface area contributed by atoms with Crippen LogP contribution in [0.3, 0.4) is 0 Å². The van der Waals surface area contributed by atoms with Crippen LogP contribution >= 0.6 is 11.8 Å². The summed E-state index contributed by atoms with van der Waals surface area (Å²) in [7, 11) is 0. The number of rotatable bonds is 6. The fourth-order valence-electron chi connectivity index (χ4n) is 2.63. The molecule has 0 radical (unpaired) electrons. The maximum absolute atomic E-state index is 11.2. The van der Waals surface area contributed by atoms with Crippen molar-refractivity contribution in [3.05, 3.63) is 0 Å². The number of hydrogen-bond donors (Lipinski definition) is 2. The number of hydrogen-bond acceptors (Lipinski definition) is 3. The molecule has 0 aromatic carbocycles. The van der Waals surface area contributed by atoms with Crippen LogP contribution in [0.25, 0.3) is 0 Å². The Morgan fingerprint density at radius 1 is 1.28 bits per heavy atom. The third-order valence-corrected chi connectivity index (χ3v) is 4.20. The molecule has 5 nitrogen and oxygen atoms in total. The predicted octanol–water partition coefficient (Wildman–Crippen LogP) is 1.91. The molecule has 1 rings (SSSR count). The molecule has 4 unspecified atom stereocenters. The summed E-state index contributed by atoms with van der Waals surface area (Å²) in [5.41, 5.74) is 0. The monoisotopic (exact) mass is 277 g/mol. The molecule has 4 atom stereocenters. The maximum Gasteiger partial charge on any atom is 0.307 e. The van der Waals surface area contributed by atoms with Crippen molar-refractivity contribution in [1.29, 1.82) is 0 Å². The van der Waals surface area contributed by atoms with Gasteiger partial charge < -0.3 is 10.2 Å². The Bertz CT molecular complexity index is 323. The lowest BCUT2D eigenvalue weighted by molar-refractivity contribution is -0.153. The predicted molar refractivity (Wildman–Crippen MR) is 67.2 cm³/mol. The van der Waals surface area contributed by atoms with E-state index >= 15 is 0 Å². The molecule has 104 valence electrons. The molecule has 0 aliphatic carbocycles. The highest BCUT2D eigenvalue weighted by atomic mass is 35.5. The van der Waals surface area contributed by atoms with Crippen LogP contribution in [0.4, 0.5) is 0 Å². The van der Waals surface area contributed by atoms with Crippen molar-refractivity contribution in [1.82, 2.24) is 4.42 Å². The zero-order chi connectivity index (χ0) is 13.9. The molecule has 6 heteroatoms. The number of aliphatic carboxylic acids is 2. The second kappa shape index (κ2) is 6.38. The van der Waals surface area contributed by atoms with Crippen LogP contribution in [0.15, 0.2) is 0 Å². The van der Waals surface area contributed by atoms with Crippen LogP contribution in [-0.2, 0) is 9.59 Å². The largest absolute Gasteiger partial charge is 0.481 e. The molecule has 1 saturated heterocycles. The Labute approximate surface area is 112 Å². The molecular weight excluding hydrogens is 258 g/mol. The quantitative estimate of drug-likeness (QED) is 0.725. The van der Waals surface area contributed by atoms with Crippen molar-refractivity contribution in [2.24, 2.45) is 23.7 Å². The van der Waals surface area contributed by atoms with Gasteiger partial charge in [-0.25, -0.2) is 4.42 Å². The lowest BCUT2D eigenvalue weighted by Gasteiger charge is -2.23. The highest BCUT2D eigenvalue weighted by Gasteiger charge is 2.38. The Kier molecular flexibility index (Phi) is 5.41. The van der Waals surface area contributed by atoms with Crippen LogP contribution in [0.5, 0.6) is 0 Å². The molecule has 0 bridgehead atoms. The van der Waals surface area contributed by atoms with E-state index in [9.17, 15) is 9.59 Å². The van der Waals surface area contributed by atoms with E-state index in [1.165, 1.54) is 6.92 Å². The lowest BCUT2D eigenvalue weighted by Crippen LogP contribution is -2.31. The molecule has 0 saturated carbocycles. The standard InChI is InChI=1S/C12H20ClNO4/c1-3-8-5-14(13)6-9(8)4-10(12(17)18)7(2)11(15)16/h7-10H,3-6H2,1-2H3,(H,15,16)(H,17,18). The minimum atomic E-state index is -1.06. The molecule has 1 aliphatic rings. The topological polar surface area (TPSA) is 77.8 Å². The van der Waals surface area contributed by atoms with E-state index in [-0.39, 0.29) is 5.92 Å². The van der Waals surface area contributed by atoms with Gasteiger partial charge in [0.25, 0.3) is 0 Å². The zero-order valence-electron chi connectivity index (χ0n) is 10.7. The van der Waals surface area contributed by atoms with E-state index in [1.807, 2.05) is 6.92 Å². The second-order valence-corrected chi connectivity index (χ2v) is 5.54. The van der Waals surface area contributed by atoms with Crippen LogP contribution in [-0.4, -0.2) is 39.7 Å². The van der Waals surface area contributed by atoms with Crippen LogP contribution in [0.1, 0.15) is 26.7 Å². The van der Waals surface area contributed by atoms with Crippen LogP contribution in [0, 0.1) is 23.7 Å². The van der Waals surface area contributed by atoms with Crippen molar-refractivity contribution in [2.75, 3.05) is 13.1 Å². The van der Waals surface area contributed by atoms with Gasteiger partial charge in [-0.2, -0.15) is 0 Å². The summed E-state index contributed by atoms with van der Waals surface area (Å²) in [5.74, 6) is -3.29. The molecule has 0 aromatic heterocycles. The molecule has 1 aliphatic heterocycles. The summed E-state index contributed by atoms with van der Waals surface area (Å²) in [6.07, 6.45) is 1.31. The first kappa shape index (κ1) is 15.2. The van der Waals surface area contributed by atoms with Gasteiger partial charge in [0.15, 0.2) is 0 Å². The van der Waals surface area contributed by atoms with Crippen molar-refractivity contribution in [3.8, 4) is 0 Å². The summed E-state index contributed by atoms with van der Waals surface area (Å²) in [6.45, 7) is 4.88. The summed E-state index contributed by atoms with van der Waals surface area (Å²) in [5, 5.41) is 18.1. The van der Waals surface area contributed by atoms with E-state index in [2.05, 4.69) is 0 Å². The smallest absolute Gasteiger partial charge is 0.307 e. The fourth-order valence-corrected chi connectivity index (χ4v) is 2.98. The average Bonchev–Trinajstić information content (AvgIpc) is 2.64. The highest BCUT2D eigenvalue weighted by Crippen LogP contribution is 2.34. The second-order valence-electron chi connectivity index (χ2n) is 5.06. The Morgan fingerprint density at radius 3 is 2.28 bits per heavy atom. The molecule has 0 aromatic rings. The maximum atomic E-state index is 11.2. The third-order valence-electron chi connectivity index (χ3n) is 3.92. The molecule has 1 heterocycles. The SMILES string of the molecule is CCC1CN(Cl)CC1CC(C(=O)O)C(C)C(=O)O. The van der Waals surface area contributed by atoms with Crippen LogP contribution in [0.2, 0.25) is 0 Å². The van der Waals surface area contributed by atoms with Gasteiger partial charge in [-0.15, -0.1) is 0 Å². The molecule has 0 spiro atoms. The Morgan fingerprint density at radius 2 is 1.83 bits per heavy atom. The van der Waals surface area contributed by atoms with Gasteiger partial charge in [0.2, 0.25) is 0 Å². The molecule has 18 heavy (non-hydrogen) atoms. The summed E-state index contributed by atoms with van der Waals surface area (Å²) >= 11 is 5.96. The normalized spacial score (nSPS) is 27.9. The molecule has 1 fully saturated rings. The molecular formula is C12H20ClNO4. The Balaban J connectivity index is 2.72. The Hall–Kier alpha value is -0.810. The van der Waals surface area contributed by atoms with E-state index in [4.69, 9.17) is 22.0 Å². The van der Waals surface area contributed by atoms with Crippen molar-refractivity contribution in [3.63, 3.8) is 0 Å². The van der Waals surface area contributed by atoms with E-state index < -0.39 is 23.8 Å². The summed E-state index contributed by atoms with van der Waals surface area (Å²) in [4.78, 5) is 22.1. The van der Waals surface area contributed by atoms with Crippen LogP contribution < -0.4 is 0 Å². The first-order chi connectivity index (χ1) is 8.36. The first-order valence-electron chi connectivity index (χ1n) is 6.23. The van der Waals surface area contributed by atoms with E-state index in [0.29, 0.717) is 18.9 Å². The number of halogens is 1. The van der Waals surface area contributed by atoms with Gasteiger partial charge in [-0.05, 0) is 30.0 Å². The van der Waals surface area contributed by atoms with Gasteiger partial charge >= 0.3 is 11.9 Å². The summed E-state index contributed by atoms with van der Waals surface area (Å²) < 4.78 is 1.67. The van der Waals surface area contributed by atoms with Gasteiger partial charge in [-0.3, -0.25) is 9.59 Å². The van der Waals surface area contributed by atoms with Crippen molar-refractivity contribution in [2.45, 2.75) is 26.7 Å². The van der Waals surface area contributed by atoms with Crippen molar-refractivity contribution >= 4 is 23.7 Å². The van der Waals surface area contributed by atoms with Gasteiger partial charge in [0.05, 0.1) is 11.8 Å². The minimum Gasteiger partial charge on any atom is -0.481 e. The molecule has 0 amide bonds. The third kappa shape index (κ3) is 3.59. The number of carbonyl (C=O) groups is 2. The number of carboxylic acid groups (broad SMARTS) is 2. The van der Waals surface area contributed by atoms with E-state index in [1.54, 1.807) is 4.42 Å². The van der Waals surface area contributed by atoms with Gasteiger partial charge in [0, 0.05) is 13.1 Å². The van der Waals surface area contributed by atoms with Gasteiger partial charge in [0.1, 0.15) is 0 Å². The minimum absolute atomic E-state index is 0.162. The van der Waals surface area contributed by atoms with Gasteiger partial charge in [-0.1, -0.05) is 20.3 Å². The summed E-state index contributed by atoms with van der Waals surface area (Å²) in [6, 6.07) is 0. The highest BCUT2D eigenvalue weighted by molar-refractivity contribution is 6.13. The first-order valence-corrected chi connectivity index (χ1v) is 6.56. The zero-order valence-corrected chi connectivity index (χ0v) is 11.4. The number of nitrogens with zero attached hydrogens (tertiary/aromatic N) is 1. The lowest BCUT2D eigenvalue weighted by atomic mass is 9.80. The van der Waals surface area contributed by atoms with E-state index in [0.717, 1.165) is 13.0 Å². The fraction of sp³-hybridized carbons (Fsp3) is 0.833. The van der Waals surface area contributed by atoms with Crippen molar-refractivity contribution < 1.29 is 19.8 Å². The average molecular weight is 278 g/mol.